The lowest BCUT2D eigenvalue weighted by molar-refractivity contribution is 0.461. The number of guanidine groups is 1. The molecule has 0 saturated carbocycles. The number of aromatic nitrogens is 1. The van der Waals surface area contributed by atoms with Crippen molar-refractivity contribution in [3.05, 3.63) is 52.0 Å². The van der Waals surface area contributed by atoms with Crippen molar-refractivity contribution in [3.63, 3.8) is 0 Å². The number of rotatable bonds is 6. The second-order valence-electron chi connectivity index (χ2n) is 6.63. The van der Waals surface area contributed by atoms with Crippen LogP contribution in [0.2, 0.25) is 0 Å². The van der Waals surface area contributed by atoms with Gasteiger partial charge in [-0.2, -0.15) is 0 Å². The van der Waals surface area contributed by atoms with Gasteiger partial charge in [-0.3, -0.25) is 4.99 Å². The quantitative estimate of drug-likeness (QED) is 0.384. The normalized spacial score (nSPS) is 11.8. The van der Waals surface area contributed by atoms with Gasteiger partial charge >= 0.3 is 0 Å². The minimum absolute atomic E-state index is 0. The summed E-state index contributed by atoms with van der Waals surface area (Å²) in [5.41, 5.74) is 2.40. The van der Waals surface area contributed by atoms with Crippen LogP contribution >= 0.6 is 35.3 Å². The predicted molar refractivity (Wildman–Crippen MR) is 119 cm³/mol. The number of benzene rings is 1. The Labute approximate surface area is 172 Å². The molecule has 0 atom stereocenters. The van der Waals surface area contributed by atoms with E-state index in [1.165, 1.54) is 5.56 Å². The molecule has 4 nitrogen and oxygen atoms in total. The van der Waals surface area contributed by atoms with Crippen molar-refractivity contribution in [2.75, 3.05) is 20.1 Å². The Bertz CT molecular complexity index is 667. The van der Waals surface area contributed by atoms with Gasteiger partial charge in [0, 0.05) is 24.4 Å². The largest absolute Gasteiger partial charge is 0.357 e. The van der Waals surface area contributed by atoms with Crippen LogP contribution in [0.15, 0.2) is 40.7 Å². The number of hydrogen-bond donors (Lipinski definition) is 1. The van der Waals surface area contributed by atoms with E-state index < -0.39 is 0 Å². The minimum Gasteiger partial charge on any atom is -0.357 e. The van der Waals surface area contributed by atoms with E-state index in [4.69, 9.17) is 4.99 Å². The maximum Gasteiger partial charge on any atom is 0.194 e. The number of nitrogens with one attached hydrogen (secondary N) is 1. The van der Waals surface area contributed by atoms with Gasteiger partial charge in [0.1, 0.15) is 0 Å². The summed E-state index contributed by atoms with van der Waals surface area (Å²) in [5, 5.41) is 6.60. The van der Waals surface area contributed by atoms with Gasteiger partial charge in [0.2, 0.25) is 0 Å². The maximum absolute atomic E-state index is 4.87. The van der Waals surface area contributed by atoms with E-state index in [2.05, 4.69) is 78.7 Å². The molecule has 0 aliphatic carbocycles. The highest BCUT2D eigenvalue weighted by Gasteiger charge is 2.20. The first-order chi connectivity index (χ1) is 11.4. The van der Waals surface area contributed by atoms with E-state index in [1.807, 2.05) is 6.92 Å². The monoisotopic (exact) mass is 472 g/mol. The molecule has 0 radical (unpaired) electrons. The second kappa shape index (κ2) is 10.1. The van der Waals surface area contributed by atoms with E-state index >= 15 is 0 Å². The third-order valence-electron chi connectivity index (χ3n) is 3.94. The van der Waals surface area contributed by atoms with Gasteiger partial charge in [-0.15, -0.1) is 35.3 Å². The zero-order valence-corrected chi connectivity index (χ0v) is 18.9. The van der Waals surface area contributed by atoms with Crippen molar-refractivity contribution in [2.45, 2.75) is 39.7 Å². The summed E-state index contributed by atoms with van der Waals surface area (Å²) in [6, 6.07) is 10.6. The molecule has 0 amide bonds. The van der Waals surface area contributed by atoms with Crippen LogP contribution in [0.1, 0.15) is 37.0 Å². The first-order valence-corrected chi connectivity index (χ1v) is 9.26. The third-order valence-corrected chi connectivity index (χ3v) is 4.76. The second-order valence-corrected chi connectivity index (χ2v) is 7.70. The zero-order chi connectivity index (χ0) is 17.6. The first kappa shape index (κ1) is 21.9. The number of nitrogens with zero attached hydrogens (tertiary/aromatic N) is 3. The minimum atomic E-state index is -0.00000937. The lowest BCUT2D eigenvalue weighted by atomic mass is 9.85. The van der Waals surface area contributed by atoms with Gasteiger partial charge in [0.15, 0.2) is 5.96 Å². The standard InChI is InChI=1S/C19H28N4S.HI/c1-6-20-18(23(5)12-17-13-24-15(2)22-17)21-14-19(3,4)16-10-8-7-9-11-16;/h7-11,13H,6,12,14H2,1-5H3,(H,20,21);1H. The number of aliphatic imine (C=N–C) groups is 1. The maximum atomic E-state index is 4.87. The van der Waals surface area contributed by atoms with Crippen molar-refractivity contribution in [3.8, 4) is 0 Å². The molecule has 6 heteroatoms. The molecule has 0 aliphatic heterocycles. The molecule has 25 heavy (non-hydrogen) atoms. The number of aryl methyl sites for hydroxylation is 1. The smallest absolute Gasteiger partial charge is 0.194 e. The molecule has 2 aromatic rings. The summed E-state index contributed by atoms with van der Waals surface area (Å²) < 4.78 is 0. The molecule has 2 rings (SSSR count). The fraction of sp³-hybridized carbons (Fsp3) is 0.474. The summed E-state index contributed by atoms with van der Waals surface area (Å²) in [4.78, 5) is 11.6. The van der Waals surface area contributed by atoms with Crippen molar-refractivity contribution in [1.82, 2.24) is 15.2 Å². The van der Waals surface area contributed by atoms with Crippen LogP contribution in [-0.4, -0.2) is 36.0 Å². The fourth-order valence-electron chi connectivity index (χ4n) is 2.52. The molecule has 0 unspecified atom stereocenters. The third kappa shape index (κ3) is 6.58. The van der Waals surface area contributed by atoms with E-state index in [9.17, 15) is 0 Å². The highest BCUT2D eigenvalue weighted by atomic mass is 127. The van der Waals surface area contributed by atoms with Gasteiger partial charge in [-0.05, 0) is 19.4 Å². The van der Waals surface area contributed by atoms with Crippen molar-refractivity contribution < 1.29 is 0 Å². The molecule has 0 fully saturated rings. The van der Waals surface area contributed by atoms with Gasteiger partial charge in [-0.25, -0.2) is 4.98 Å². The average molecular weight is 472 g/mol. The molecule has 1 aromatic heterocycles. The number of hydrogen-bond acceptors (Lipinski definition) is 3. The SMILES string of the molecule is CCNC(=NCC(C)(C)c1ccccc1)N(C)Cc1csc(C)n1.I. The average Bonchev–Trinajstić information content (AvgIpc) is 2.97. The molecule has 0 saturated heterocycles. The van der Waals surface area contributed by atoms with Crippen LogP contribution in [0, 0.1) is 6.92 Å². The Hall–Kier alpha value is -1.15. The van der Waals surface area contributed by atoms with E-state index in [-0.39, 0.29) is 29.4 Å². The molecule has 0 aliphatic rings. The Balaban J connectivity index is 0.00000312. The summed E-state index contributed by atoms with van der Waals surface area (Å²) in [6.07, 6.45) is 0. The van der Waals surface area contributed by atoms with Crippen LogP contribution in [0.4, 0.5) is 0 Å². The molecule has 0 bridgehead atoms. The van der Waals surface area contributed by atoms with Crippen molar-refractivity contribution in [2.24, 2.45) is 4.99 Å². The van der Waals surface area contributed by atoms with E-state index in [0.29, 0.717) is 0 Å². The first-order valence-electron chi connectivity index (χ1n) is 8.38. The number of halogens is 1. The summed E-state index contributed by atoms with van der Waals surface area (Å²) in [5.74, 6) is 0.923. The van der Waals surface area contributed by atoms with Gasteiger partial charge in [-0.1, -0.05) is 44.2 Å². The molecule has 0 spiro atoms. The highest BCUT2D eigenvalue weighted by molar-refractivity contribution is 14.0. The Morgan fingerprint density at radius 3 is 2.52 bits per heavy atom. The lowest BCUT2D eigenvalue weighted by Gasteiger charge is -2.26. The van der Waals surface area contributed by atoms with E-state index in [1.54, 1.807) is 11.3 Å². The molecule has 138 valence electrons. The van der Waals surface area contributed by atoms with E-state index in [0.717, 1.165) is 36.3 Å². The Morgan fingerprint density at radius 1 is 1.28 bits per heavy atom. The number of thiazole rings is 1. The van der Waals surface area contributed by atoms with Crippen LogP contribution in [0.5, 0.6) is 0 Å². The molecular weight excluding hydrogens is 443 g/mol. The fourth-order valence-corrected chi connectivity index (χ4v) is 3.13. The van der Waals surface area contributed by atoms with Crippen LogP contribution in [-0.2, 0) is 12.0 Å². The summed E-state index contributed by atoms with van der Waals surface area (Å²) >= 11 is 1.69. The lowest BCUT2D eigenvalue weighted by Crippen LogP contribution is -2.39. The Morgan fingerprint density at radius 2 is 1.96 bits per heavy atom. The molecule has 1 N–H and O–H groups in total. The highest BCUT2D eigenvalue weighted by Crippen LogP contribution is 2.23. The predicted octanol–water partition coefficient (Wildman–Crippen LogP) is 4.44. The van der Waals surface area contributed by atoms with Crippen molar-refractivity contribution in [1.29, 1.82) is 0 Å². The van der Waals surface area contributed by atoms with Gasteiger partial charge in [0.25, 0.3) is 0 Å². The van der Waals surface area contributed by atoms with Gasteiger partial charge in [0.05, 0.1) is 23.8 Å². The Kier molecular flexibility index (Phi) is 8.85. The molecule has 1 heterocycles. The zero-order valence-electron chi connectivity index (χ0n) is 15.7. The molecule has 1 aromatic carbocycles. The van der Waals surface area contributed by atoms with Crippen LogP contribution < -0.4 is 5.32 Å². The summed E-state index contributed by atoms with van der Waals surface area (Å²) in [7, 11) is 2.06. The van der Waals surface area contributed by atoms with Crippen LogP contribution in [0.3, 0.4) is 0 Å². The van der Waals surface area contributed by atoms with Crippen molar-refractivity contribution >= 4 is 41.3 Å². The van der Waals surface area contributed by atoms with Gasteiger partial charge < -0.3 is 10.2 Å². The van der Waals surface area contributed by atoms with Crippen LogP contribution in [0.25, 0.3) is 0 Å². The topological polar surface area (TPSA) is 40.5 Å². The summed E-state index contributed by atoms with van der Waals surface area (Å²) in [6.45, 7) is 11.0. The molecular formula is C19H29IN4S.